The fourth-order valence-electron chi connectivity index (χ4n) is 2.42. The summed E-state index contributed by atoms with van der Waals surface area (Å²) in [5.74, 6) is 0.581. The van der Waals surface area contributed by atoms with Crippen molar-refractivity contribution in [3.05, 3.63) is 24.3 Å². The van der Waals surface area contributed by atoms with Gasteiger partial charge in [0.15, 0.2) is 5.13 Å². The third-order valence-electron chi connectivity index (χ3n) is 3.61. The van der Waals surface area contributed by atoms with Crippen LogP contribution in [0, 0.1) is 5.92 Å². The second-order valence-corrected chi connectivity index (χ2v) is 5.93. The van der Waals surface area contributed by atoms with Gasteiger partial charge in [-0.3, -0.25) is 10.9 Å². The lowest BCUT2D eigenvalue weighted by Gasteiger charge is -2.17. The highest BCUT2D eigenvalue weighted by Gasteiger charge is 2.29. The van der Waals surface area contributed by atoms with Crippen LogP contribution in [0.2, 0.25) is 0 Å². The Morgan fingerprint density at radius 3 is 2.67 bits per heavy atom. The van der Waals surface area contributed by atoms with E-state index in [1.54, 1.807) is 11.3 Å². The standard InChI is InChI=1S/C13H18N4S/c1-8-10(9(2)17-16-8)7-14-13-15-11-5-3-4-6-12(11)18-13/h3-6,8-10,16-17H,7H2,1-2H3,(H,14,15). The predicted octanol–water partition coefficient (Wildman–Crippen LogP) is 2.21. The van der Waals surface area contributed by atoms with E-state index >= 15 is 0 Å². The number of hydrogen-bond acceptors (Lipinski definition) is 5. The van der Waals surface area contributed by atoms with Crippen molar-refractivity contribution in [2.24, 2.45) is 5.92 Å². The highest BCUT2D eigenvalue weighted by Crippen LogP contribution is 2.26. The van der Waals surface area contributed by atoms with E-state index in [0.717, 1.165) is 17.2 Å². The largest absolute Gasteiger partial charge is 0.361 e. The quantitative estimate of drug-likeness (QED) is 0.794. The lowest BCUT2D eigenvalue weighted by molar-refractivity contribution is 0.466. The van der Waals surface area contributed by atoms with E-state index in [4.69, 9.17) is 0 Å². The van der Waals surface area contributed by atoms with Gasteiger partial charge in [-0.2, -0.15) is 0 Å². The zero-order chi connectivity index (χ0) is 12.5. The van der Waals surface area contributed by atoms with Crippen LogP contribution < -0.4 is 16.2 Å². The van der Waals surface area contributed by atoms with Gasteiger partial charge in [-0.25, -0.2) is 4.98 Å². The number of nitrogens with zero attached hydrogens (tertiary/aromatic N) is 1. The number of anilines is 1. The van der Waals surface area contributed by atoms with Crippen molar-refractivity contribution in [1.29, 1.82) is 0 Å². The molecule has 0 saturated carbocycles. The van der Waals surface area contributed by atoms with E-state index < -0.39 is 0 Å². The summed E-state index contributed by atoms with van der Waals surface area (Å²) in [6.45, 7) is 5.37. The van der Waals surface area contributed by atoms with Gasteiger partial charge in [0.25, 0.3) is 0 Å². The van der Waals surface area contributed by atoms with Crippen LogP contribution in [0.15, 0.2) is 24.3 Å². The van der Waals surface area contributed by atoms with Gasteiger partial charge in [0.2, 0.25) is 0 Å². The monoisotopic (exact) mass is 262 g/mol. The maximum atomic E-state index is 4.59. The molecule has 2 unspecified atom stereocenters. The third-order valence-corrected chi connectivity index (χ3v) is 4.60. The number of para-hydroxylation sites is 1. The molecule has 1 aliphatic heterocycles. The zero-order valence-corrected chi connectivity index (χ0v) is 11.4. The molecule has 0 aliphatic carbocycles. The molecule has 1 saturated heterocycles. The van der Waals surface area contributed by atoms with Crippen molar-refractivity contribution in [2.45, 2.75) is 25.9 Å². The molecule has 1 aliphatic rings. The van der Waals surface area contributed by atoms with Crippen LogP contribution >= 0.6 is 11.3 Å². The first-order valence-electron chi connectivity index (χ1n) is 6.34. The lowest BCUT2D eigenvalue weighted by Crippen LogP contribution is -2.30. The summed E-state index contributed by atoms with van der Waals surface area (Å²) in [5.41, 5.74) is 7.63. The molecule has 2 atom stereocenters. The Labute approximate surface area is 111 Å². The molecule has 3 N–H and O–H groups in total. The number of hydrazine groups is 1. The molecule has 0 amide bonds. The fraction of sp³-hybridized carbons (Fsp3) is 0.462. The Kier molecular flexibility index (Phi) is 3.20. The second-order valence-electron chi connectivity index (χ2n) is 4.90. The van der Waals surface area contributed by atoms with Crippen LogP contribution in [-0.4, -0.2) is 23.6 Å². The van der Waals surface area contributed by atoms with Gasteiger partial charge in [0.05, 0.1) is 10.2 Å². The Balaban J connectivity index is 1.69. The molecular formula is C13H18N4S. The molecular weight excluding hydrogens is 244 g/mol. The van der Waals surface area contributed by atoms with Gasteiger partial charge in [0, 0.05) is 24.5 Å². The first-order chi connectivity index (χ1) is 8.74. The Morgan fingerprint density at radius 1 is 1.22 bits per heavy atom. The molecule has 5 heteroatoms. The molecule has 0 spiro atoms. The third kappa shape index (κ3) is 2.21. The molecule has 96 valence electrons. The first-order valence-corrected chi connectivity index (χ1v) is 7.16. The first kappa shape index (κ1) is 11.9. The molecule has 3 rings (SSSR count). The van der Waals surface area contributed by atoms with E-state index in [1.165, 1.54) is 4.70 Å². The minimum atomic E-state index is 0.488. The Hall–Kier alpha value is -1.17. The Morgan fingerprint density at radius 2 is 1.94 bits per heavy atom. The number of fused-ring (bicyclic) bond motifs is 1. The summed E-state index contributed by atoms with van der Waals surface area (Å²) < 4.78 is 1.24. The van der Waals surface area contributed by atoms with E-state index in [9.17, 15) is 0 Å². The number of hydrogen-bond donors (Lipinski definition) is 3. The van der Waals surface area contributed by atoms with Gasteiger partial charge >= 0.3 is 0 Å². The van der Waals surface area contributed by atoms with E-state index in [-0.39, 0.29) is 0 Å². The second kappa shape index (κ2) is 4.84. The molecule has 18 heavy (non-hydrogen) atoms. The van der Waals surface area contributed by atoms with Gasteiger partial charge in [-0.15, -0.1) is 0 Å². The Bertz CT molecular complexity index is 496. The highest BCUT2D eigenvalue weighted by atomic mass is 32.1. The van der Waals surface area contributed by atoms with Crippen LogP contribution in [0.25, 0.3) is 10.2 Å². The summed E-state index contributed by atoms with van der Waals surface area (Å²) in [6, 6.07) is 9.23. The van der Waals surface area contributed by atoms with E-state index in [0.29, 0.717) is 18.0 Å². The minimum Gasteiger partial charge on any atom is -0.361 e. The van der Waals surface area contributed by atoms with Crippen molar-refractivity contribution in [3.8, 4) is 0 Å². The lowest BCUT2D eigenvalue weighted by atomic mass is 9.97. The number of nitrogens with one attached hydrogen (secondary N) is 3. The van der Waals surface area contributed by atoms with Crippen LogP contribution in [0.4, 0.5) is 5.13 Å². The van der Waals surface area contributed by atoms with Crippen LogP contribution in [-0.2, 0) is 0 Å². The molecule has 1 fully saturated rings. The minimum absolute atomic E-state index is 0.488. The molecule has 4 nitrogen and oxygen atoms in total. The normalized spacial score (nSPS) is 27.8. The zero-order valence-electron chi connectivity index (χ0n) is 10.6. The number of rotatable bonds is 3. The number of thiazole rings is 1. The van der Waals surface area contributed by atoms with Crippen LogP contribution in [0.1, 0.15) is 13.8 Å². The predicted molar refractivity (Wildman–Crippen MR) is 76.8 cm³/mol. The average Bonchev–Trinajstić information content (AvgIpc) is 2.91. The number of benzene rings is 1. The topological polar surface area (TPSA) is 49.0 Å². The molecule has 2 heterocycles. The van der Waals surface area contributed by atoms with Gasteiger partial charge in [0.1, 0.15) is 0 Å². The summed E-state index contributed by atoms with van der Waals surface area (Å²) in [7, 11) is 0. The van der Waals surface area contributed by atoms with Gasteiger partial charge in [-0.1, -0.05) is 23.5 Å². The maximum Gasteiger partial charge on any atom is 0.183 e. The smallest absolute Gasteiger partial charge is 0.183 e. The van der Waals surface area contributed by atoms with Crippen molar-refractivity contribution < 1.29 is 0 Å². The van der Waals surface area contributed by atoms with E-state index in [1.807, 2.05) is 6.07 Å². The molecule has 0 bridgehead atoms. The van der Waals surface area contributed by atoms with Gasteiger partial charge in [-0.05, 0) is 26.0 Å². The van der Waals surface area contributed by atoms with Crippen LogP contribution in [0.5, 0.6) is 0 Å². The summed E-state index contributed by atoms with van der Waals surface area (Å²) in [4.78, 5) is 4.59. The van der Waals surface area contributed by atoms with Crippen LogP contribution in [0.3, 0.4) is 0 Å². The molecule has 0 radical (unpaired) electrons. The highest BCUT2D eigenvalue weighted by molar-refractivity contribution is 7.22. The van der Waals surface area contributed by atoms with Gasteiger partial charge < -0.3 is 5.32 Å². The van der Waals surface area contributed by atoms with E-state index in [2.05, 4.69) is 53.2 Å². The van der Waals surface area contributed by atoms with Crippen molar-refractivity contribution in [1.82, 2.24) is 15.8 Å². The summed E-state index contributed by atoms with van der Waals surface area (Å²) >= 11 is 1.72. The maximum absolute atomic E-state index is 4.59. The SMILES string of the molecule is CC1NNC(C)C1CNc1nc2ccccc2s1. The summed E-state index contributed by atoms with van der Waals surface area (Å²) in [5, 5.41) is 4.48. The van der Waals surface area contributed by atoms with Crippen molar-refractivity contribution >= 4 is 26.7 Å². The molecule has 2 aromatic rings. The average molecular weight is 262 g/mol. The molecule has 1 aromatic carbocycles. The van der Waals surface area contributed by atoms with Crippen molar-refractivity contribution in [3.63, 3.8) is 0 Å². The number of aromatic nitrogens is 1. The van der Waals surface area contributed by atoms with Crippen molar-refractivity contribution in [2.75, 3.05) is 11.9 Å². The molecule has 1 aromatic heterocycles. The summed E-state index contributed by atoms with van der Waals surface area (Å²) in [6.07, 6.45) is 0. The fourth-order valence-corrected chi connectivity index (χ4v) is 3.29.